The van der Waals surface area contributed by atoms with E-state index in [1.165, 1.54) is 6.07 Å². The molecule has 0 aliphatic heterocycles. The van der Waals surface area contributed by atoms with E-state index in [1.807, 2.05) is 0 Å². The van der Waals surface area contributed by atoms with Crippen molar-refractivity contribution in [2.75, 3.05) is 0 Å². The van der Waals surface area contributed by atoms with Crippen molar-refractivity contribution in [3.05, 3.63) is 81.4 Å². The van der Waals surface area contributed by atoms with E-state index in [9.17, 15) is 35.8 Å². The zero-order valence-electron chi connectivity index (χ0n) is 14.2. The van der Waals surface area contributed by atoms with Gasteiger partial charge in [0.15, 0.2) is 0 Å². The van der Waals surface area contributed by atoms with Crippen LogP contribution in [0.5, 0.6) is 0 Å². The van der Waals surface area contributed by atoms with E-state index in [1.54, 1.807) is 0 Å². The fourth-order valence-electron chi connectivity index (χ4n) is 2.56. The Morgan fingerprint density at radius 3 is 1.97 bits per heavy atom. The van der Waals surface area contributed by atoms with Gasteiger partial charge in [0.05, 0.1) is 5.56 Å². The van der Waals surface area contributed by atoms with Crippen LogP contribution in [0.3, 0.4) is 0 Å². The first kappa shape index (κ1) is 23.1. The molecule has 29 heavy (non-hydrogen) atoms. The first-order valence-electron chi connectivity index (χ1n) is 7.70. The average Bonchev–Trinajstić information content (AvgIpc) is 2.56. The van der Waals surface area contributed by atoms with Crippen molar-refractivity contribution < 1.29 is 35.8 Å². The van der Waals surface area contributed by atoms with Gasteiger partial charge in [-0.05, 0) is 42.0 Å². The quantitative estimate of drug-likeness (QED) is 0.361. The van der Waals surface area contributed by atoms with Crippen molar-refractivity contribution in [3.63, 3.8) is 0 Å². The SMILES string of the molecule is C=C(O)c1ccc(/C(F)=C/C(c2cc(Cl)cc(Cl)c2)C(F)(F)F)cc1C(F)(F)F. The fraction of sp³-hybridized carbons (Fsp3) is 0.158. The maximum atomic E-state index is 14.5. The summed E-state index contributed by atoms with van der Waals surface area (Å²) in [5.74, 6) is -4.99. The Hall–Kier alpha value is -2.19. The van der Waals surface area contributed by atoms with Crippen LogP contribution in [0.25, 0.3) is 11.6 Å². The number of aliphatic hydroxyl groups is 1. The van der Waals surface area contributed by atoms with Crippen LogP contribution in [-0.4, -0.2) is 11.3 Å². The lowest BCUT2D eigenvalue weighted by atomic mass is 9.95. The second kappa shape index (κ2) is 8.28. The van der Waals surface area contributed by atoms with E-state index < -0.39 is 52.1 Å². The van der Waals surface area contributed by atoms with E-state index in [4.69, 9.17) is 23.2 Å². The Kier molecular flexibility index (Phi) is 6.59. The van der Waals surface area contributed by atoms with E-state index in [0.29, 0.717) is 12.1 Å². The predicted molar refractivity (Wildman–Crippen MR) is 97.4 cm³/mol. The van der Waals surface area contributed by atoms with Gasteiger partial charge in [0.1, 0.15) is 17.5 Å². The molecule has 1 atom stereocenters. The van der Waals surface area contributed by atoms with Gasteiger partial charge in [-0.15, -0.1) is 0 Å². The van der Waals surface area contributed by atoms with Gasteiger partial charge in [-0.25, -0.2) is 4.39 Å². The summed E-state index contributed by atoms with van der Waals surface area (Å²) in [5.41, 5.74) is -3.41. The summed E-state index contributed by atoms with van der Waals surface area (Å²) in [6, 6.07) is 4.84. The molecular formula is C19H11Cl2F7O. The first-order valence-corrected chi connectivity index (χ1v) is 8.45. The average molecular weight is 459 g/mol. The molecule has 1 N–H and O–H groups in total. The van der Waals surface area contributed by atoms with E-state index in [2.05, 4.69) is 6.58 Å². The number of halogens is 9. The van der Waals surface area contributed by atoms with Crippen LogP contribution >= 0.6 is 23.2 Å². The lowest BCUT2D eigenvalue weighted by Gasteiger charge is -2.19. The molecule has 1 unspecified atom stereocenters. The Labute approximate surface area is 170 Å². The van der Waals surface area contributed by atoms with E-state index in [0.717, 1.165) is 18.2 Å². The van der Waals surface area contributed by atoms with Crippen LogP contribution in [-0.2, 0) is 6.18 Å². The number of allylic oxidation sites excluding steroid dienone is 1. The smallest absolute Gasteiger partial charge is 0.417 e. The molecule has 10 heteroatoms. The predicted octanol–water partition coefficient (Wildman–Crippen LogP) is 8.20. The summed E-state index contributed by atoms with van der Waals surface area (Å²) in [6.45, 7) is 2.98. The van der Waals surface area contributed by atoms with Crippen LogP contribution in [0.4, 0.5) is 30.7 Å². The third-order valence-electron chi connectivity index (χ3n) is 3.82. The van der Waals surface area contributed by atoms with E-state index >= 15 is 0 Å². The van der Waals surface area contributed by atoms with Crippen molar-refractivity contribution in [2.24, 2.45) is 0 Å². The molecule has 2 aromatic rings. The maximum absolute atomic E-state index is 14.5. The fourth-order valence-corrected chi connectivity index (χ4v) is 3.10. The summed E-state index contributed by atoms with van der Waals surface area (Å²) < 4.78 is 94.4. The van der Waals surface area contributed by atoms with Crippen molar-refractivity contribution in [1.82, 2.24) is 0 Å². The number of hydrogen-bond acceptors (Lipinski definition) is 1. The number of aliphatic hydroxyl groups excluding tert-OH is 1. The molecule has 0 spiro atoms. The molecule has 2 aromatic carbocycles. The lowest BCUT2D eigenvalue weighted by molar-refractivity contribution is -0.140. The van der Waals surface area contributed by atoms with Crippen molar-refractivity contribution in [2.45, 2.75) is 18.3 Å². The van der Waals surface area contributed by atoms with Crippen molar-refractivity contribution >= 4 is 34.8 Å². The monoisotopic (exact) mass is 458 g/mol. The third-order valence-corrected chi connectivity index (χ3v) is 4.26. The maximum Gasteiger partial charge on any atom is 0.417 e. The van der Waals surface area contributed by atoms with Crippen LogP contribution < -0.4 is 0 Å². The molecule has 156 valence electrons. The third kappa shape index (κ3) is 5.67. The van der Waals surface area contributed by atoms with Crippen LogP contribution in [0, 0.1) is 0 Å². The van der Waals surface area contributed by atoms with Gasteiger partial charge < -0.3 is 5.11 Å². The Bertz CT molecular complexity index is 942. The van der Waals surface area contributed by atoms with Gasteiger partial charge in [0, 0.05) is 21.2 Å². The number of benzene rings is 2. The largest absolute Gasteiger partial charge is 0.508 e. The minimum atomic E-state index is -5.00. The normalized spacial score (nSPS) is 14.0. The summed E-state index contributed by atoms with van der Waals surface area (Å²) in [4.78, 5) is 0. The summed E-state index contributed by atoms with van der Waals surface area (Å²) in [6.07, 6.45) is -9.84. The molecule has 0 aliphatic rings. The standard InChI is InChI=1S/C19H11Cl2F7O/c1-9(29)14-3-2-10(6-16(14)19(26,27)28)17(22)8-15(18(23,24)25)11-4-12(20)7-13(21)5-11/h2-8,15,29H,1H2/b17-8-. The molecule has 0 aromatic heterocycles. The zero-order valence-corrected chi connectivity index (χ0v) is 15.7. The highest BCUT2D eigenvalue weighted by molar-refractivity contribution is 6.34. The molecule has 0 heterocycles. The zero-order chi connectivity index (χ0) is 22.1. The molecule has 2 rings (SSSR count). The summed E-state index contributed by atoms with van der Waals surface area (Å²) in [7, 11) is 0. The van der Waals surface area contributed by atoms with Crippen LogP contribution in [0.2, 0.25) is 10.0 Å². The van der Waals surface area contributed by atoms with Gasteiger partial charge in [0.25, 0.3) is 0 Å². The molecule has 0 amide bonds. The van der Waals surface area contributed by atoms with Gasteiger partial charge in [0.2, 0.25) is 0 Å². The molecule has 0 saturated heterocycles. The summed E-state index contributed by atoms with van der Waals surface area (Å²) in [5, 5.41) is 9.02. The molecule has 0 bridgehead atoms. The molecule has 0 saturated carbocycles. The molecule has 0 fully saturated rings. The topological polar surface area (TPSA) is 20.2 Å². The highest BCUT2D eigenvalue weighted by Gasteiger charge is 2.40. The van der Waals surface area contributed by atoms with Gasteiger partial charge in [-0.3, -0.25) is 0 Å². The van der Waals surface area contributed by atoms with Crippen molar-refractivity contribution in [3.8, 4) is 0 Å². The highest BCUT2D eigenvalue weighted by atomic mass is 35.5. The van der Waals surface area contributed by atoms with E-state index in [-0.39, 0.29) is 16.1 Å². The molecular weight excluding hydrogens is 448 g/mol. The molecule has 0 aliphatic carbocycles. The van der Waals surface area contributed by atoms with Gasteiger partial charge in [-0.2, -0.15) is 26.3 Å². The summed E-state index contributed by atoms with van der Waals surface area (Å²) >= 11 is 11.4. The van der Waals surface area contributed by atoms with Crippen molar-refractivity contribution in [1.29, 1.82) is 0 Å². The second-order valence-corrected chi connectivity index (χ2v) is 6.81. The van der Waals surface area contributed by atoms with Gasteiger partial charge in [-0.1, -0.05) is 35.8 Å². The Morgan fingerprint density at radius 2 is 1.52 bits per heavy atom. The van der Waals surface area contributed by atoms with Crippen LogP contribution in [0.15, 0.2) is 49.1 Å². The number of hydrogen-bond donors (Lipinski definition) is 1. The molecule has 1 nitrogen and oxygen atoms in total. The van der Waals surface area contributed by atoms with Crippen LogP contribution in [0.1, 0.15) is 28.2 Å². The highest BCUT2D eigenvalue weighted by Crippen LogP contribution is 2.41. The number of alkyl halides is 6. The Balaban J connectivity index is 2.60. The molecule has 0 radical (unpaired) electrons. The number of rotatable bonds is 4. The minimum absolute atomic E-state index is 0.124. The minimum Gasteiger partial charge on any atom is -0.508 e. The second-order valence-electron chi connectivity index (χ2n) is 5.94. The Morgan fingerprint density at radius 1 is 0.966 bits per heavy atom. The first-order chi connectivity index (χ1) is 13.2. The lowest BCUT2D eigenvalue weighted by Crippen LogP contribution is -2.19. The van der Waals surface area contributed by atoms with Gasteiger partial charge >= 0.3 is 12.4 Å².